The van der Waals surface area contributed by atoms with Gasteiger partial charge in [-0.15, -0.1) is 10.2 Å². The maximum absolute atomic E-state index is 12.4. The van der Waals surface area contributed by atoms with Crippen molar-refractivity contribution in [1.82, 2.24) is 19.8 Å². The maximum Gasteiger partial charge on any atom is 0.233 e. The van der Waals surface area contributed by atoms with Crippen molar-refractivity contribution in [3.05, 3.63) is 42.0 Å². The molecule has 0 bridgehead atoms. The number of nitrogens with two attached hydrogens (primary N) is 1. The second kappa shape index (κ2) is 8.61. The van der Waals surface area contributed by atoms with Crippen molar-refractivity contribution < 1.29 is 4.79 Å². The number of nitrogens with zero attached hydrogens (tertiary/aromatic N) is 4. The summed E-state index contributed by atoms with van der Waals surface area (Å²) >= 11 is 1.29. The van der Waals surface area contributed by atoms with Crippen LogP contribution in [-0.2, 0) is 10.2 Å². The molecule has 0 saturated carbocycles. The Bertz CT molecular complexity index is 805. The van der Waals surface area contributed by atoms with Gasteiger partial charge in [-0.1, -0.05) is 69.0 Å². The lowest BCUT2D eigenvalue weighted by atomic mass is 9.87. The lowest BCUT2D eigenvalue weighted by molar-refractivity contribution is -0.127. The van der Waals surface area contributed by atoms with Crippen LogP contribution in [0.15, 0.2) is 41.6 Å². The van der Waals surface area contributed by atoms with Gasteiger partial charge in [-0.3, -0.25) is 4.79 Å². The molecule has 0 unspecified atom stereocenters. The molecule has 0 spiro atoms. The summed E-state index contributed by atoms with van der Waals surface area (Å²) in [5.41, 5.74) is 3.18. The zero-order valence-electron chi connectivity index (χ0n) is 16.8. The fraction of sp³-hybridized carbons (Fsp3) is 0.450. The molecule has 1 heterocycles. The van der Waals surface area contributed by atoms with Gasteiger partial charge in [0.1, 0.15) is 0 Å². The maximum atomic E-state index is 12.4. The van der Waals surface area contributed by atoms with Gasteiger partial charge in [0, 0.05) is 18.7 Å². The molecule has 0 aliphatic heterocycles. The summed E-state index contributed by atoms with van der Waals surface area (Å²) in [5, 5.41) is 8.86. The fourth-order valence-electron chi connectivity index (χ4n) is 2.61. The van der Waals surface area contributed by atoms with Crippen LogP contribution in [0.3, 0.4) is 0 Å². The standard InChI is InChI=1S/C20H29N5OS/c1-7-24(12-14(2)3)17(26)13-27-19-23-22-18(25(19)21)15-8-10-16(11-9-15)20(4,5)6/h8-11H,2,7,12-13,21H2,1,3-6H3. The Morgan fingerprint density at radius 2 is 1.89 bits per heavy atom. The number of benzene rings is 1. The minimum absolute atomic E-state index is 0.0320. The predicted molar refractivity (Wildman–Crippen MR) is 112 cm³/mol. The van der Waals surface area contributed by atoms with E-state index >= 15 is 0 Å². The molecule has 1 amide bonds. The van der Waals surface area contributed by atoms with E-state index in [0.717, 1.165) is 11.1 Å². The molecule has 0 atom stereocenters. The van der Waals surface area contributed by atoms with Crippen LogP contribution in [0.5, 0.6) is 0 Å². The highest BCUT2D eigenvalue weighted by Gasteiger charge is 2.18. The number of aromatic nitrogens is 3. The van der Waals surface area contributed by atoms with Gasteiger partial charge in [-0.25, -0.2) is 4.68 Å². The minimum Gasteiger partial charge on any atom is -0.338 e. The molecule has 27 heavy (non-hydrogen) atoms. The number of amides is 1. The lowest BCUT2D eigenvalue weighted by Gasteiger charge is -2.20. The van der Waals surface area contributed by atoms with E-state index in [1.807, 2.05) is 26.0 Å². The van der Waals surface area contributed by atoms with Gasteiger partial charge >= 0.3 is 0 Å². The third kappa shape index (κ3) is 5.35. The SMILES string of the molecule is C=C(C)CN(CC)C(=O)CSc1nnc(-c2ccc(C(C)(C)C)cc2)n1N. The average molecular weight is 388 g/mol. The van der Waals surface area contributed by atoms with Crippen LogP contribution < -0.4 is 5.84 Å². The monoisotopic (exact) mass is 387 g/mol. The topological polar surface area (TPSA) is 77.0 Å². The summed E-state index contributed by atoms with van der Waals surface area (Å²) in [6.45, 7) is 15.5. The van der Waals surface area contributed by atoms with Crippen molar-refractivity contribution >= 4 is 17.7 Å². The number of hydrogen-bond donors (Lipinski definition) is 1. The molecule has 146 valence electrons. The normalized spacial score (nSPS) is 11.4. The first kappa shape index (κ1) is 21.0. The summed E-state index contributed by atoms with van der Waals surface area (Å²) in [7, 11) is 0. The van der Waals surface area contributed by atoms with Crippen LogP contribution in [0.25, 0.3) is 11.4 Å². The molecule has 1 aromatic carbocycles. The molecule has 2 N–H and O–H groups in total. The number of carbonyl (C=O) groups is 1. The molecule has 2 rings (SSSR count). The third-order valence-electron chi connectivity index (χ3n) is 4.19. The smallest absolute Gasteiger partial charge is 0.233 e. The highest BCUT2D eigenvalue weighted by atomic mass is 32.2. The Morgan fingerprint density at radius 1 is 1.26 bits per heavy atom. The fourth-order valence-corrected chi connectivity index (χ4v) is 3.37. The predicted octanol–water partition coefficient (Wildman–Crippen LogP) is 3.47. The van der Waals surface area contributed by atoms with Gasteiger partial charge in [0.05, 0.1) is 5.75 Å². The Morgan fingerprint density at radius 3 is 2.41 bits per heavy atom. The molecule has 0 aliphatic rings. The quantitative estimate of drug-likeness (QED) is 0.447. The zero-order valence-corrected chi connectivity index (χ0v) is 17.6. The number of rotatable bonds is 7. The Hall–Kier alpha value is -2.28. The number of nitrogen functional groups attached to an aromatic ring is 1. The van der Waals surface area contributed by atoms with Gasteiger partial charge in [0.25, 0.3) is 0 Å². The third-order valence-corrected chi connectivity index (χ3v) is 5.12. The van der Waals surface area contributed by atoms with Crippen molar-refractivity contribution in [2.75, 3.05) is 24.7 Å². The van der Waals surface area contributed by atoms with Gasteiger partial charge in [0.15, 0.2) is 5.82 Å². The van der Waals surface area contributed by atoms with Crippen molar-refractivity contribution in [3.8, 4) is 11.4 Å². The summed E-state index contributed by atoms with van der Waals surface area (Å²) < 4.78 is 1.44. The van der Waals surface area contributed by atoms with Crippen molar-refractivity contribution in [1.29, 1.82) is 0 Å². The summed E-state index contributed by atoms with van der Waals surface area (Å²) in [4.78, 5) is 14.1. The average Bonchev–Trinajstić information content (AvgIpc) is 2.97. The van der Waals surface area contributed by atoms with Gasteiger partial charge in [-0.05, 0) is 24.8 Å². The molecule has 7 heteroatoms. The second-order valence-corrected chi connectivity index (χ2v) is 8.60. The molecule has 0 fully saturated rings. The van der Waals surface area contributed by atoms with E-state index < -0.39 is 0 Å². The van der Waals surface area contributed by atoms with E-state index in [9.17, 15) is 4.79 Å². The second-order valence-electron chi connectivity index (χ2n) is 7.66. The van der Waals surface area contributed by atoms with Crippen LogP contribution in [0, 0.1) is 0 Å². The van der Waals surface area contributed by atoms with Crippen molar-refractivity contribution in [2.24, 2.45) is 0 Å². The number of thioether (sulfide) groups is 1. The van der Waals surface area contributed by atoms with Crippen molar-refractivity contribution in [3.63, 3.8) is 0 Å². The molecular weight excluding hydrogens is 358 g/mol. The van der Waals surface area contributed by atoms with Crippen molar-refractivity contribution in [2.45, 2.75) is 45.2 Å². The Balaban J connectivity index is 2.09. The molecule has 6 nitrogen and oxygen atoms in total. The molecule has 0 saturated heterocycles. The first-order valence-electron chi connectivity index (χ1n) is 8.99. The first-order chi connectivity index (χ1) is 12.6. The zero-order chi connectivity index (χ0) is 20.2. The van der Waals surface area contributed by atoms with E-state index in [1.165, 1.54) is 22.0 Å². The number of carbonyl (C=O) groups excluding carboxylic acids is 1. The number of likely N-dealkylation sites (N-methyl/N-ethyl adjacent to an activating group) is 1. The van der Waals surface area contributed by atoms with Crippen LogP contribution in [0.4, 0.5) is 0 Å². The van der Waals surface area contributed by atoms with E-state index in [4.69, 9.17) is 5.84 Å². The van der Waals surface area contributed by atoms with Gasteiger partial charge in [-0.2, -0.15) is 0 Å². The first-order valence-corrected chi connectivity index (χ1v) is 9.98. The van der Waals surface area contributed by atoms with E-state index in [2.05, 4.69) is 49.7 Å². The summed E-state index contributed by atoms with van der Waals surface area (Å²) in [5.74, 6) is 7.04. The minimum atomic E-state index is 0.0320. The Labute approximate surface area is 165 Å². The highest BCUT2D eigenvalue weighted by Crippen LogP contribution is 2.26. The molecule has 0 aliphatic carbocycles. The Kier molecular flexibility index (Phi) is 6.70. The van der Waals surface area contributed by atoms with Gasteiger partial charge < -0.3 is 10.7 Å². The van der Waals surface area contributed by atoms with E-state index in [0.29, 0.717) is 24.1 Å². The van der Waals surface area contributed by atoms with Crippen LogP contribution in [-0.4, -0.2) is 44.5 Å². The van der Waals surface area contributed by atoms with Crippen LogP contribution in [0.2, 0.25) is 0 Å². The van der Waals surface area contributed by atoms with Gasteiger partial charge in [0.2, 0.25) is 11.1 Å². The highest BCUT2D eigenvalue weighted by molar-refractivity contribution is 7.99. The lowest BCUT2D eigenvalue weighted by Crippen LogP contribution is -2.33. The summed E-state index contributed by atoms with van der Waals surface area (Å²) in [6, 6.07) is 8.16. The van der Waals surface area contributed by atoms with E-state index in [-0.39, 0.29) is 17.1 Å². The molecule has 0 radical (unpaired) electrons. The molecular formula is C20H29N5OS. The summed E-state index contributed by atoms with van der Waals surface area (Å²) in [6.07, 6.45) is 0. The largest absolute Gasteiger partial charge is 0.338 e. The van der Waals surface area contributed by atoms with Crippen LogP contribution in [0.1, 0.15) is 40.2 Å². The molecule has 1 aromatic heterocycles. The van der Waals surface area contributed by atoms with Crippen LogP contribution >= 0.6 is 11.8 Å². The van der Waals surface area contributed by atoms with E-state index in [1.54, 1.807) is 4.90 Å². The molecule has 2 aromatic rings. The number of hydrogen-bond acceptors (Lipinski definition) is 5.